The number of aromatic nitrogens is 2. The molecule has 0 bridgehead atoms. The standard InChI is InChI=1S/C22H21F3N4O3/c23-22(24,25)14-32-19-6-1-3-16(11-19)13-27-21(31)17-4-2-5-18(12-17)28-20(30)7-9-29-10-8-26-15-29/h1-6,8,10-12,15H,7,9,13-14H2,(H,27,31)(H,28,30). The third-order valence-electron chi connectivity index (χ3n) is 4.32. The number of benzene rings is 2. The summed E-state index contributed by atoms with van der Waals surface area (Å²) in [6.07, 6.45) is 0.836. The first-order valence-electron chi connectivity index (χ1n) is 9.71. The number of nitrogens with one attached hydrogen (secondary N) is 2. The number of amides is 2. The van der Waals surface area contributed by atoms with Gasteiger partial charge in [0.1, 0.15) is 5.75 Å². The molecule has 0 atom stereocenters. The van der Waals surface area contributed by atoms with E-state index < -0.39 is 12.8 Å². The maximum atomic E-state index is 12.5. The van der Waals surface area contributed by atoms with Crippen molar-refractivity contribution < 1.29 is 27.5 Å². The molecule has 0 aliphatic carbocycles. The molecule has 0 fully saturated rings. The molecule has 1 heterocycles. The van der Waals surface area contributed by atoms with E-state index in [9.17, 15) is 22.8 Å². The van der Waals surface area contributed by atoms with Gasteiger partial charge in [-0.05, 0) is 35.9 Å². The molecule has 1 aromatic heterocycles. The minimum Gasteiger partial charge on any atom is -0.484 e. The van der Waals surface area contributed by atoms with Gasteiger partial charge in [0.15, 0.2) is 6.61 Å². The predicted molar refractivity (Wildman–Crippen MR) is 111 cm³/mol. The average molecular weight is 446 g/mol. The summed E-state index contributed by atoms with van der Waals surface area (Å²) in [6, 6.07) is 12.5. The van der Waals surface area contributed by atoms with Crippen molar-refractivity contribution in [3.63, 3.8) is 0 Å². The zero-order valence-corrected chi connectivity index (χ0v) is 16.9. The van der Waals surface area contributed by atoms with E-state index in [0.717, 1.165) is 0 Å². The van der Waals surface area contributed by atoms with E-state index in [1.54, 1.807) is 59.7 Å². The molecule has 0 saturated carbocycles. The Labute approximate surface area is 182 Å². The Kier molecular flexibility index (Phi) is 7.48. The molecule has 0 unspecified atom stereocenters. The van der Waals surface area contributed by atoms with Crippen LogP contribution in [0.2, 0.25) is 0 Å². The van der Waals surface area contributed by atoms with Crippen LogP contribution in [0.25, 0.3) is 0 Å². The molecule has 0 saturated heterocycles. The molecule has 2 N–H and O–H groups in total. The zero-order valence-electron chi connectivity index (χ0n) is 16.9. The van der Waals surface area contributed by atoms with Gasteiger partial charge in [0.25, 0.3) is 5.91 Å². The van der Waals surface area contributed by atoms with Crippen LogP contribution in [-0.2, 0) is 17.9 Å². The number of ether oxygens (including phenoxy) is 1. The van der Waals surface area contributed by atoms with Crippen molar-refractivity contribution in [2.45, 2.75) is 25.7 Å². The molecule has 0 radical (unpaired) electrons. The lowest BCUT2D eigenvalue weighted by Gasteiger charge is -2.11. The Morgan fingerprint density at radius 3 is 2.66 bits per heavy atom. The first kappa shape index (κ1) is 22.9. The number of carbonyl (C=O) groups is 2. The van der Waals surface area contributed by atoms with Gasteiger partial charge in [-0.1, -0.05) is 18.2 Å². The van der Waals surface area contributed by atoms with Crippen molar-refractivity contribution in [3.05, 3.63) is 78.4 Å². The lowest BCUT2D eigenvalue weighted by atomic mass is 10.1. The van der Waals surface area contributed by atoms with Crippen molar-refractivity contribution in [2.24, 2.45) is 0 Å². The van der Waals surface area contributed by atoms with E-state index in [2.05, 4.69) is 15.6 Å². The Hall–Kier alpha value is -3.82. The molecule has 168 valence electrons. The van der Waals surface area contributed by atoms with Gasteiger partial charge in [0.2, 0.25) is 5.91 Å². The van der Waals surface area contributed by atoms with Crippen LogP contribution in [0, 0.1) is 0 Å². The van der Waals surface area contributed by atoms with E-state index in [1.165, 1.54) is 12.1 Å². The third kappa shape index (κ3) is 7.46. The molecule has 3 rings (SSSR count). The van der Waals surface area contributed by atoms with Gasteiger partial charge in [0.05, 0.1) is 6.33 Å². The van der Waals surface area contributed by atoms with Crippen LogP contribution < -0.4 is 15.4 Å². The number of carbonyl (C=O) groups excluding carboxylic acids is 2. The summed E-state index contributed by atoms with van der Waals surface area (Å²) in [4.78, 5) is 28.5. The number of nitrogens with zero attached hydrogens (tertiary/aromatic N) is 2. The summed E-state index contributed by atoms with van der Waals surface area (Å²) < 4.78 is 43.4. The second kappa shape index (κ2) is 10.5. The van der Waals surface area contributed by atoms with Crippen LogP contribution in [-0.4, -0.2) is 34.1 Å². The lowest BCUT2D eigenvalue weighted by molar-refractivity contribution is -0.153. The second-order valence-electron chi connectivity index (χ2n) is 6.91. The molecule has 0 spiro atoms. The van der Waals surface area contributed by atoms with Gasteiger partial charge < -0.3 is 19.9 Å². The highest BCUT2D eigenvalue weighted by molar-refractivity contribution is 5.97. The lowest BCUT2D eigenvalue weighted by Crippen LogP contribution is -2.23. The molecule has 7 nitrogen and oxygen atoms in total. The van der Waals surface area contributed by atoms with Gasteiger partial charge in [-0.25, -0.2) is 4.98 Å². The summed E-state index contributed by atoms with van der Waals surface area (Å²) >= 11 is 0. The summed E-state index contributed by atoms with van der Waals surface area (Å²) in [5, 5.41) is 5.45. The minimum atomic E-state index is -4.43. The SMILES string of the molecule is O=C(CCn1ccnc1)Nc1cccc(C(=O)NCc2cccc(OCC(F)(F)F)c2)c1. The quantitative estimate of drug-likeness (QED) is 0.524. The molecule has 0 aliphatic rings. The van der Waals surface area contributed by atoms with Crippen LogP contribution in [0.1, 0.15) is 22.3 Å². The number of anilines is 1. The van der Waals surface area contributed by atoms with Crippen LogP contribution in [0.3, 0.4) is 0 Å². The first-order chi connectivity index (χ1) is 15.3. The predicted octanol–water partition coefficient (Wildman–Crippen LogP) is 3.78. The van der Waals surface area contributed by atoms with Crippen LogP contribution in [0.5, 0.6) is 5.75 Å². The highest BCUT2D eigenvalue weighted by atomic mass is 19.4. The summed E-state index contributed by atoms with van der Waals surface area (Å²) in [7, 11) is 0. The molecule has 2 amide bonds. The molecule has 0 aliphatic heterocycles. The number of hydrogen-bond donors (Lipinski definition) is 2. The Balaban J connectivity index is 1.51. The fraction of sp³-hybridized carbons (Fsp3) is 0.227. The van der Waals surface area contributed by atoms with Crippen LogP contribution >= 0.6 is 0 Å². The maximum Gasteiger partial charge on any atom is 0.422 e. The zero-order chi connectivity index (χ0) is 23.0. The second-order valence-corrected chi connectivity index (χ2v) is 6.91. The van der Waals surface area contributed by atoms with Gasteiger partial charge in [-0.2, -0.15) is 13.2 Å². The number of rotatable bonds is 9. The summed E-state index contributed by atoms with van der Waals surface area (Å²) in [5.74, 6) is -0.525. The largest absolute Gasteiger partial charge is 0.484 e. The van der Waals surface area contributed by atoms with Crippen LogP contribution in [0.4, 0.5) is 18.9 Å². The molecular formula is C22H21F3N4O3. The summed E-state index contributed by atoms with van der Waals surface area (Å²) in [5.41, 5.74) is 1.40. The van der Waals surface area contributed by atoms with Crippen molar-refractivity contribution >= 4 is 17.5 Å². The van der Waals surface area contributed by atoms with Crippen LogP contribution in [0.15, 0.2) is 67.3 Å². The third-order valence-corrected chi connectivity index (χ3v) is 4.32. The molecule has 2 aromatic carbocycles. The number of hydrogen-bond acceptors (Lipinski definition) is 4. The van der Waals surface area contributed by atoms with Gasteiger partial charge in [0, 0.05) is 43.2 Å². The number of aryl methyl sites for hydroxylation is 1. The van der Waals surface area contributed by atoms with E-state index in [0.29, 0.717) is 23.4 Å². The maximum absolute atomic E-state index is 12.5. The fourth-order valence-corrected chi connectivity index (χ4v) is 2.81. The average Bonchev–Trinajstić information content (AvgIpc) is 3.28. The number of alkyl halides is 3. The van der Waals surface area contributed by atoms with Crippen molar-refractivity contribution in [3.8, 4) is 5.75 Å². The van der Waals surface area contributed by atoms with Crippen molar-refractivity contribution in [1.82, 2.24) is 14.9 Å². The normalized spacial score (nSPS) is 11.1. The summed E-state index contributed by atoms with van der Waals surface area (Å²) in [6.45, 7) is -0.801. The molecule has 32 heavy (non-hydrogen) atoms. The topological polar surface area (TPSA) is 85.2 Å². The van der Waals surface area contributed by atoms with E-state index >= 15 is 0 Å². The monoisotopic (exact) mass is 446 g/mol. The highest BCUT2D eigenvalue weighted by Gasteiger charge is 2.28. The molecule has 3 aromatic rings. The Morgan fingerprint density at radius 2 is 1.91 bits per heavy atom. The smallest absolute Gasteiger partial charge is 0.422 e. The van der Waals surface area contributed by atoms with Crippen molar-refractivity contribution in [2.75, 3.05) is 11.9 Å². The Morgan fingerprint density at radius 1 is 1.09 bits per heavy atom. The highest BCUT2D eigenvalue weighted by Crippen LogP contribution is 2.19. The van der Waals surface area contributed by atoms with Gasteiger partial charge in [-0.15, -0.1) is 0 Å². The minimum absolute atomic E-state index is 0.0643. The number of imidazole rings is 1. The van der Waals surface area contributed by atoms with Gasteiger partial charge >= 0.3 is 6.18 Å². The van der Waals surface area contributed by atoms with E-state index in [1.807, 2.05) is 0 Å². The van der Waals surface area contributed by atoms with E-state index in [4.69, 9.17) is 4.74 Å². The Bertz CT molecular complexity index is 1050. The number of halogens is 3. The fourth-order valence-electron chi connectivity index (χ4n) is 2.81. The van der Waals surface area contributed by atoms with Crippen molar-refractivity contribution in [1.29, 1.82) is 0 Å². The first-order valence-corrected chi connectivity index (χ1v) is 9.71. The van der Waals surface area contributed by atoms with Gasteiger partial charge in [-0.3, -0.25) is 9.59 Å². The molecular weight excluding hydrogens is 425 g/mol. The molecule has 10 heteroatoms. The van der Waals surface area contributed by atoms with E-state index in [-0.39, 0.29) is 30.5 Å².